The highest BCUT2D eigenvalue weighted by Crippen LogP contribution is 2.38. The first-order valence-corrected chi connectivity index (χ1v) is 5.58. The van der Waals surface area contributed by atoms with E-state index in [9.17, 15) is 13.2 Å². The predicted molar refractivity (Wildman–Crippen MR) is 67.1 cm³/mol. The number of ether oxygens (including phenoxy) is 1. The number of nitrogen functional groups attached to an aromatic ring is 1. The summed E-state index contributed by atoms with van der Waals surface area (Å²) in [7, 11) is 0. The Hall–Kier alpha value is -2.17. The van der Waals surface area contributed by atoms with Crippen molar-refractivity contribution in [3.63, 3.8) is 0 Å². The molecule has 2 rings (SSSR count). The summed E-state index contributed by atoms with van der Waals surface area (Å²) in [5.74, 6) is 0.133. The monoisotopic (exact) mass is 267 g/mol. The lowest BCUT2D eigenvalue weighted by molar-refractivity contribution is -0.138. The van der Waals surface area contributed by atoms with Crippen molar-refractivity contribution >= 4 is 5.69 Å². The number of alkyl halides is 3. The van der Waals surface area contributed by atoms with Gasteiger partial charge in [0.15, 0.2) is 0 Å². The largest absolute Gasteiger partial charge is 0.456 e. The summed E-state index contributed by atoms with van der Waals surface area (Å²) >= 11 is 0. The normalized spacial score (nSPS) is 11.4. The van der Waals surface area contributed by atoms with E-state index in [0.29, 0.717) is 17.0 Å². The van der Waals surface area contributed by atoms with E-state index in [4.69, 9.17) is 10.5 Å². The summed E-state index contributed by atoms with van der Waals surface area (Å²) in [6.45, 7) is 1.72. The number of nitrogens with two attached hydrogens (primary N) is 1. The molecule has 0 spiro atoms. The summed E-state index contributed by atoms with van der Waals surface area (Å²) in [4.78, 5) is 0. The number of benzene rings is 2. The molecular weight excluding hydrogens is 255 g/mol. The van der Waals surface area contributed by atoms with Gasteiger partial charge >= 0.3 is 6.18 Å². The maximum atomic E-state index is 12.8. The first-order valence-electron chi connectivity index (χ1n) is 5.58. The van der Waals surface area contributed by atoms with Crippen LogP contribution in [0.4, 0.5) is 18.9 Å². The SMILES string of the molecule is Cc1cc(N)ccc1Oc1ccccc1C(F)(F)F. The third-order valence-corrected chi connectivity index (χ3v) is 2.61. The van der Waals surface area contributed by atoms with Gasteiger partial charge < -0.3 is 10.5 Å². The zero-order valence-corrected chi connectivity index (χ0v) is 10.2. The number of rotatable bonds is 2. The van der Waals surface area contributed by atoms with Gasteiger partial charge in [-0.15, -0.1) is 0 Å². The number of hydrogen-bond acceptors (Lipinski definition) is 2. The van der Waals surface area contributed by atoms with Crippen LogP contribution in [0.25, 0.3) is 0 Å². The van der Waals surface area contributed by atoms with E-state index >= 15 is 0 Å². The summed E-state index contributed by atoms with van der Waals surface area (Å²) in [6, 6.07) is 9.88. The molecule has 0 aliphatic carbocycles. The van der Waals surface area contributed by atoms with Gasteiger partial charge in [0.25, 0.3) is 0 Å². The Morgan fingerprint density at radius 1 is 1.00 bits per heavy atom. The maximum Gasteiger partial charge on any atom is 0.419 e. The van der Waals surface area contributed by atoms with Gasteiger partial charge in [-0.3, -0.25) is 0 Å². The van der Waals surface area contributed by atoms with E-state index < -0.39 is 11.7 Å². The Kier molecular flexibility index (Phi) is 3.38. The molecule has 2 aromatic carbocycles. The highest BCUT2D eigenvalue weighted by atomic mass is 19.4. The Bertz CT molecular complexity index is 593. The van der Waals surface area contributed by atoms with Crippen LogP contribution in [0.3, 0.4) is 0 Å². The smallest absolute Gasteiger partial charge is 0.419 e. The molecule has 0 heterocycles. The molecule has 5 heteroatoms. The lowest BCUT2D eigenvalue weighted by Crippen LogP contribution is -2.07. The minimum absolute atomic E-state index is 0.220. The molecule has 0 aliphatic heterocycles. The minimum Gasteiger partial charge on any atom is -0.456 e. The second-order valence-corrected chi connectivity index (χ2v) is 4.12. The van der Waals surface area contributed by atoms with Crippen molar-refractivity contribution < 1.29 is 17.9 Å². The van der Waals surface area contributed by atoms with Gasteiger partial charge in [-0.1, -0.05) is 12.1 Å². The summed E-state index contributed by atoms with van der Waals surface area (Å²) in [5, 5.41) is 0. The first kappa shape index (κ1) is 13.3. The second-order valence-electron chi connectivity index (χ2n) is 4.12. The lowest BCUT2D eigenvalue weighted by Gasteiger charge is -2.14. The fourth-order valence-corrected chi connectivity index (χ4v) is 1.70. The highest BCUT2D eigenvalue weighted by molar-refractivity contribution is 5.49. The maximum absolute atomic E-state index is 12.8. The van der Waals surface area contributed by atoms with Crippen LogP contribution in [-0.4, -0.2) is 0 Å². The fraction of sp³-hybridized carbons (Fsp3) is 0.143. The third kappa shape index (κ3) is 2.99. The summed E-state index contributed by atoms with van der Waals surface area (Å²) in [5.41, 5.74) is 6.00. The van der Waals surface area contributed by atoms with Crippen LogP contribution in [0, 0.1) is 6.92 Å². The Labute approximate surface area is 108 Å². The number of halogens is 3. The van der Waals surface area contributed by atoms with E-state index in [1.54, 1.807) is 25.1 Å². The number of hydrogen-bond donors (Lipinski definition) is 1. The van der Waals surface area contributed by atoms with Crippen LogP contribution in [0.2, 0.25) is 0 Å². The van der Waals surface area contributed by atoms with Crippen LogP contribution in [-0.2, 0) is 6.18 Å². The Morgan fingerprint density at radius 3 is 2.32 bits per heavy atom. The molecule has 0 amide bonds. The standard InChI is InChI=1S/C14H12F3NO/c1-9-8-10(18)6-7-12(9)19-13-5-3-2-4-11(13)14(15,16)17/h2-8H,18H2,1H3. The molecule has 2 nitrogen and oxygen atoms in total. The van der Waals surface area contributed by atoms with Crippen LogP contribution in [0.1, 0.15) is 11.1 Å². The molecule has 100 valence electrons. The molecule has 0 bridgehead atoms. The molecule has 0 fully saturated rings. The van der Waals surface area contributed by atoms with Crippen molar-refractivity contribution in [3.05, 3.63) is 53.6 Å². The van der Waals surface area contributed by atoms with Crippen molar-refractivity contribution in [2.75, 3.05) is 5.73 Å². The lowest BCUT2D eigenvalue weighted by atomic mass is 10.1. The van der Waals surface area contributed by atoms with Gasteiger partial charge in [-0.05, 0) is 42.8 Å². The Morgan fingerprint density at radius 2 is 1.68 bits per heavy atom. The zero-order valence-electron chi connectivity index (χ0n) is 10.2. The van der Waals surface area contributed by atoms with Gasteiger partial charge in [-0.25, -0.2) is 0 Å². The summed E-state index contributed by atoms with van der Waals surface area (Å²) in [6.07, 6.45) is -4.45. The molecule has 0 saturated heterocycles. The van der Waals surface area contributed by atoms with Crippen LogP contribution in [0.5, 0.6) is 11.5 Å². The van der Waals surface area contributed by atoms with Crippen molar-refractivity contribution in [2.24, 2.45) is 0 Å². The van der Waals surface area contributed by atoms with E-state index in [2.05, 4.69) is 0 Å². The highest BCUT2D eigenvalue weighted by Gasteiger charge is 2.34. The van der Waals surface area contributed by atoms with Gasteiger partial charge in [0.2, 0.25) is 0 Å². The van der Waals surface area contributed by atoms with Crippen molar-refractivity contribution in [3.8, 4) is 11.5 Å². The first-order chi connectivity index (χ1) is 8.88. The molecule has 0 saturated carbocycles. The topological polar surface area (TPSA) is 35.2 Å². The van der Waals surface area contributed by atoms with Crippen LogP contribution < -0.4 is 10.5 Å². The average Bonchev–Trinajstić information content (AvgIpc) is 2.32. The van der Waals surface area contributed by atoms with Gasteiger partial charge in [0, 0.05) is 5.69 Å². The molecule has 0 radical (unpaired) electrons. The molecule has 0 aromatic heterocycles. The van der Waals surface area contributed by atoms with E-state index in [1.165, 1.54) is 18.2 Å². The zero-order chi connectivity index (χ0) is 14.0. The van der Waals surface area contributed by atoms with E-state index in [0.717, 1.165) is 6.07 Å². The molecule has 2 aromatic rings. The molecular formula is C14H12F3NO. The number of para-hydroxylation sites is 1. The summed E-state index contributed by atoms with van der Waals surface area (Å²) < 4.78 is 43.8. The van der Waals surface area contributed by atoms with Crippen molar-refractivity contribution in [2.45, 2.75) is 13.1 Å². The Balaban J connectivity index is 2.39. The third-order valence-electron chi connectivity index (χ3n) is 2.61. The second kappa shape index (κ2) is 4.84. The average molecular weight is 267 g/mol. The number of aryl methyl sites for hydroxylation is 1. The number of anilines is 1. The van der Waals surface area contributed by atoms with E-state index in [-0.39, 0.29) is 5.75 Å². The van der Waals surface area contributed by atoms with Gasteiger partial charge in [0.05, 0.1) is 5.56 Å². The quantitative estimate of drug-likeness (QED) is 0.819. The molecule has 19 heavy (non-hydrogen) atoms. The predicted octanol–water partition coefficient (Wildman–Crippen LogP) is 4.39. The molecule has 0 atom stereocenters. The van der Waals surface area contributed by atoms with Crippen LogP contribution in [0.15, 0.2) is 42.5 Å². The van der Waals surface area contributed by atoms with Crippen molar-refractivity contribution in [1.82, 2.24) is 0 Å². The fourth-order valence-electron chi connectivity index (χ4n) is 1.70. The molecule has 2 N–H and O–H groups in total. The van der Waals surface area contributed by atoms with Crippen LogP contribution >= 0.6 is 0 Å². The molecule has 0 unspecified atom stereocenters. The van der Waals surface area contributed by atoms with Gasteiger partial charge in [0.1, 0.15) is 11.5 Å². The minimum atomic E-state index is -4.45. The van der Waals surface area contributed by atoms with E-state index in [1.807, 2.05) is 0 Å². The van der Waals surface area contributed by atoms with Gasteiger partial charge in [-0.2, -0.15) is 13.2 Å². The van der Waals surface area contributed by atoms with Crippen molar-refractivity contribution in [1.29, 1.82) is 0 Å². The molecule has 0 aliphatic rings.